The van der Waals surface area contributed by atoms with Crippen molar-refractivity contribution in [2.24, 2.45) is 5.16 Å². The molecule has 0 unspecified atom stereocenters. The van der Waals surface area contributed by atoms with Crippen LogP contribution in [0.15, 0.2) is 70.8 Å². The number of sulfonamides is 1. The first-order valence-corrected chi connectivity index (χ1v) is 10.9. The molecule has 0 bridgehead atoms. The molecule has 0 aliphatic carbocycles. The second-order valence-electron chi connectivity index (χ2n) is 6.50. The van der Waals surface area contributed by atoms with E-state index in [1.807, 2.05) is 0 Å². The molecule has 31 heavy (non-hydrogen) atoms. The van der Waals surface area contributed by atoms with Crippen molar-refractivity contribution in [1.29, 1.82) is 0 Å². The molecule has 2 heterocycles. The molecular weight excluding hydrogens is 440 g/mol. The van der Waals surface area contributed by atoms with Crippen LogP contribution in [0.25, 0.3) is 16.9 Å². The van der Waals surface area contributed by atoms with Crippen molar-refractivity contribution < 1.29 is 13.3 Å². The Balaban J connectivity index is 1.72. The number of benzene rings is 2. The van der Waals surface area contributed by atoms with Crippen LogP contribution in [0.5, 0.6) is 0 Å². The highest BCUT2D eigenvalue weighted by molar-refractivity contribution is 7.92. The average molecular weight is 457 g/mol. The van der Waals surface area contributed by atoms with Crippen LogP contribution in [0.4, 0.5) is 5.69 Å². The van der Waals surface area contributed by atoms with Gasteiger partial charge in [-0.05, 0) is 55.0 Å². The highest BCUT2D eigenvalue weighted by Crippen LogP contribution is 2.28. The third-order valence-electron chi connectivity index (χ3n) is 4.47. The quantitative estimate of drug-likeness (QED) is 0.350. The molecule has 4 rings (SSSR count). The van der Waals surface area contributed by atoms with Crippen LogP contribution in [0.3, 0.4) is 0 Å². The molecule has 0 saturated heterocycles. The van der Waals surface area contributed by atoms with Gasteiger partial charge in [0, 0.05) is 11.2 Å². The predicted molar refractivity (Wildman–Crippen MR) is 118 cm³/mol. The van der Waals surface area contributed by atoms with E-state index in [9.17, 15) is 8.42 Å². The van der Waals surface area contributed by atoms with Crippen molar-refractivity contribution in [3.05, 3.63) is 71.4 Å². The van der Waals surface area contributed by atoms with Gasteiger partial charge in [-0.1, -0.05) is 34.1 Å². The second-order valence-corrected chi connectivity index (χ2v) is 8.62. The molecule has 0 aliphatic rings. The Bertz CT molecular complexity index is 1380. The van der Waals surface area contributed by atoms with Gasteiger partial charge in [-0.3, -0.25) is 4.72 Å². The highest BCUT2D eigenvalue weighted by Gasteiger charge is 2.19. The number of pyridine rings is 1. The Labute approximate surface area is 183 Å². The van der Waals surface area contributed by atoms with Gasteiger partial charge >= 0.3 is 0 Å². The van der Waals surface area contributed by atoms with Crippen molar-refractivity contribution in [3.63, 3.8) is 0 Å². The zero-order valence-electron chi connectivity index (χ0n) is 16.5. The van der Waals surface area contributed by atoms with Crippen LogP contribution < -0.4 is 4.72 Å². The first-order chi connectivity index (χ1) is 14.9. The highest BCUT2D eigenvalue weighted by atomic mass is 35.5. The molecule has 0 aliphatic heterocycles. The van der Waals surface area contributed by atoms with Gasteiger partial charge in [0.2, 0.25) is 5.65 Å². The minimum absolute atomic E-state index is 0.0903. The molecule has 158 valence electrons. The maximum Gasteiger partial charge on any atom is 0.261 e. The molecule has 0 saturated carbocycles. The van der Waals surface area contributed by atoms with Crippen LogP contribution in [-0.4, -0.2) is 41.2 Å². The van der Waals surface area contributed by atoms with E-state index in [-0.39, 0.29) is 4.90 Å². The Morgan fingerprint density at radius 2 is 1.94 bits per heavy atom. The van der Waals surface area contributed by atoms with Crippen LogP contribution in [0.2, 0.25) is 5.02 Å². The molecule has 11 heteroatoms. The predicted octanol–water partition coefficient (Wildman–Crippen LogP) is 3.64. The summed E-state index contributed by atoms with van der Waals surface area (Å²) in [6.07, 6.45) is 1.60. The van der Waals surface area contributed by atoms with Crippen molar-refractivity contribution in [2.75, 3.05) is 11.8 Å². The van der Waals surface area contributed by atoms with Crippen LogP contribution in [0, 0.1) is 0 Å². The lowest BCUT2D eigenvalue weighted by Gasteiger charge is -2.13. The minimum Gasteiger partial charge on any atom is -0.399 e. The standard InChI is InChI=1S/C20H17ClN6O3S/c1-13(24-30-2)14-5-8-16(9-6-14)31(28,29)25-17-10-7-15(21)12-19(17)27-18-4-3-11-22-20(18)23-26-27/h3-12,25H,1-2H3/b24-13+. The van der Waals surface area contributed by atoms with Gasteiger partial charge in [-0.25, -0.2) is 18.1 Å². The number of hydrogen-bond acceptors (Lipinski definition) is 7. The zero-order chi connectivity index (χ0) is 22.0. The van der Waals surface area contributed by atoms with E-state index in [2.05, 4.69) is 25.2 Å². The van der Waals surface area contributed by atoms with Gasteiger partial charge in [0.1, 0.15) is 12.6 Å². The van der Waals surface area contributed by atoms with Gasteiger partial charge in [0.15, 0.2) is 0 Å². The van der Waals surface area contributed by atoms with Crippen molar-refractivity contribution in [1.82, 2.24) is 20.0 Å². The molecular formula is C20H17ClN6O3S. The summed E-state index contributed by atoms with van der Waals surface area (Å²) in [5.74, 6) is 0. The smallest absolute Gasteiger partial charge is 0.261 e. The van der Waals surface area contributed by atoms with Crippen LogP contribution >= 0.6 is 11.6 Å². The molecule has 2 aromatic carbocycles. The summed E-state index contributed by atoms with van der Waals surface area (Å²) in [7, 11) is -2.44. The van der Waals surface area contributed by atoms with Gasteiger partial charge in [-0.2, -0.15) is 0 Å². The lowest BCUT2D eigenvalue weighted by Crippen LogP contribution is -2.15. The zero-order valence-corrected chi connectivity index (χ0v) is 18.1. The van der Waals surface area contributed by atoms with Crippen molar-refractivity contribution in [2.45, 2.75) is 11.8 Å². The van der Waals surface area contributed by atoms with E-state index in [0.717, 1.165) is 5.56 Å². The minimum atomic E-state index is -3.89. The molecule has 0 fully saturated rings. The summed E-state index contributed by atoms with van der Waals surface area (Å²) in [5.41, 5.74) is 3.13. The van der Waals surface area contributed by atoms with Crippen molar-refractivity contribution >= 4 is 44.2 Å². The number of anilines is 1. The first kappa shape index (κ1) is 20.8. The number of rotatable bonds is 6. The van der Waals surface area contributed by atoms with Crippen LogP contribution in [0.1, 0.15) is 12.5 Å². The van der Waals surface area contributed by atoms with E-state index in [0.29, 0.717) is 33.3 Å². The normalized spacial score (nSPS) is 12.2. The molecule has 2 aromatic heterocycles. The van der Waals surface area contributed by atoms with Gasteiger partial charge in [0.05, 0.1) is 22.0 Å². The van der Waals surface area contributed by atoms with E-state index in [1.54, 1.807) is 55.6 Å². The summed E-state index contributed by atoms with van der Waals surface area (Å²) < 4.78 is 30.1. The average Bonchev–Trinajstić information content (AvgIpc) is 3.19. The Hall–Kier alpha value is -3.50. The number of aromatic nitrogens is 4. The molecule has 4 aromatic rings. The topological polar surface area (TPSA) is 111 Å². The lowest BCUT2D eigenvalue weighted by atomic mass is 10.1. The van der Waals surface area contributed by atoms with Gasteiger partial charge in [0.25, 0.3) is 10.0 Å². The molecule has 9 nitrogen and oxygen atoms in total. The second kappa shape index (κ2) is 8.32. The third kappa shape index (κ3) is 4.21. The Morgan fingerprint density at radius 3 is 2.68 bits per heavy atom. The maximum absolute atomic E-state index is 13.0. The summed E-state index contributed by atoms with van der Waals surface area (Å²) >= 11 is 6.17. The maximum atomic E-state index is 13.0. The van der Waals surface area contributed by atoms with Gasteiger partial charge < -0.3 is 4.84 Å². The van der Waals surface area contributed by atoms with E-state index >= 15 is 0 Å². The summed E-state index contributed by atoms with van der Waals surface area (Å²) in [5, 5.41) is 12.4. The molecule has 0 radical (unpaired) electrons. The summed E-state index contributed by atoms with van der Waals surface area (Å²) in [6, 6.07) is 14.6. The number of halogens is 1. The number of hydrogen-bond donors (Lipinski definition) is 1. The fourth-order valence-corrected chi connectivity index (χ4v) is 4.22. The number of fused-ring (bicyclic) bond motifs is 1. The molecule has 1 N–H and O–H groups in total. The largest absolute Gasteiger partial charge is 0.399 e. The fourth-order valence-electron chi connectivity index (χ4n) is 2.98. The summed E-state index contributed by atoms with van der Waals surface area (Å²) in [6.45, 7) is 1.77. The summed E-state index contributed by atoms with van der Waals surface area (Å²) in [4.78, 5) is 8.99. The molecule has 0 atom stereocenters. The monoisotopic (exact) mass is 456 g/mol. The van der Waals surface area contributed by atoms with Gasteiger partial charge in [-0.15, -0.1) is 5.10 Å². The lowest BCUT2D eigenvalue weighted by molar-refractivity contribution is 0.213. The van der Waals surface area contributed by atoms with E-state index in [1.165, 1.54) is 23.9 Å². The molecule has 0 amide bonds. The SMILES string of the molecule is CO/N=C(\C)c1ccc(S(=O)(=O)Nc2ccc(Cl)cc2-n2nnc3ncccc32)cc1. The van der Waals surface area contributed by atoms with Crippen molar-refractivity contribution in [3.8, 4) is 5.69 Å². The Morgan fingerprint density at radius 1 is 1.16 bits per heavy atom. The van der Waals surface area contributed by atoms with E-state index in [4.69, 9.17) is 16.4 Å². The van der Waals surface area contributed by atoms with E-state index < -0.39 is 10.0 Å². The number of nitrogens with zero attached hydrogens (tertiary/aromatic N) is 5. The Kier molecular flexibility index (Phi) is 5.57. The number of oxime groups is 1. The van der Waals surface area contributed by atoms with Crippen LogP contribution in [-0.2, 0) is 14.9 Å². The first-order valence-electron chi connectivity index (χ1n) is 9.06. The number of nitrogens with one attached hydrogen (secondary N) is 1. The fraction of sp³-hybridized carbons (Fsp3) is 0.100. The third-order valence-corrected chi connectivity index (χ3v) is 6.08. The molecule has 0 spiro atoms.